The molecule has 0 saturated heterocycles. The Kier molecular flexibility index (Phi) is 3.65. The number of esters is 1. The fraction of sp³-hybridized carbons (Fsp3) is 0.200. The molecule has 1 aromatic heterocycles. The molecule has 3 rings (SSSR count). The molecule has 8 heteroatoms. The summed E-state index contributed by atoms with van der Waals surface area (Å²) < 4.78 is 18.4. The van der Waals surface area contributed by atoms with Crippen molar-refractivity contribution in [3.8, 4) is 11.3 Å². The van der Waals surface area contributed by atoms with Gasteiger partial charge in [-0.05, 0) is 12.1 Å². The van der Waals surface area contributed by atoms with E-state index in [0.29, 0.717) is 22.5 Å². The first-order valence-corrected chi connectivity index (χ1v) is 6.77. The fourth-order valence-corrected chi connectivity index (χ4v) is 2.45. The van der Waals surface area contributed by atoms with Crippen LogP contribution >= 0.6 is 0 Å². The SMILES string of the molecule is COC(=O)c1cccc(-c2nc(F)nc3c2N(C)CC(=O)N3)c1. The van der Waals surface area contributed by atoms with Gasteiger partial charge in [-0.2, -0.15) is 14.4 Å². The molecule has 1 aliphatic rings. The first kappa shape index (κ1) is 14.9. The van der Waals surface area contributed by atoms with Crippen LogP contribution in [-0.4, -0.2) is 42.5 Å². The number of amides is 1. The van der Waals surface area contributed by atoms with Crippen LogP contribution in [0.3, 0.4) is 0 Å². The van der Waals surface area contributed by atoms with Gasteiger partial charge >= 0.3 is 12.0 Å². The van der Waals surface area contributed by atoms with Gasteiger partial charge in [0.2, 0.25) is 5.91 Å². The summed E-state index contributed by atoms with van der Waals surface area (Å²) in [5.41, 5.74) is 1.63. The molecule has 0 radical (unpaired) electrons. The average molecular weight is 316 g/mol. The summed E-state index contributed by atoms with van der Waals surface area (Å²) in [7, 11) is 2.97. The van der Waals surface area contributed by atoms with Gasteiger partial charge in [-0.1, -0.05) is 12.1 Å². The number of anilines is 2. The van der Waals surface area contributed by atoms with E-state index >= 15 is 0 Å². The number of aromatic nitrogens is 2. The number of carbonyl (C=O) groups excluding carboxylic acids is 2. The van der Waals surface area contributed by atoms with Crippen molar-refractivity contribution in [3.05, 3.63) is 35.9 Å². The lowest BCUT2D eigenvalue weighted by Gasteiger charge is -2.28. The smallest absolute Gasteiger partial charge is 0.337 e. The van der Waals surface area contributed by atoms with Crippen molar-refractivity contribution in [1.82, 2.24) is 9.97 Å². The normalized spacial score (nSPS) is 13.3. The minimum absolute atomic E-state index is 0.103. The van der Waals surface area contributed by atoms with Gasteiger partial charge in [0.25, 0.3) is 0 Å². The number of carbonyl (C=O) groups is 2. The Balaban J connectivity index is 2.17. The molecule has 23 heavy (non-hydrogen) atoms. The van der Waals surface area contributed by atoms with Gasteiger partial charge < -0.3 is 15.0 Å². The molecule has 7 nitrogen and oxygen atoms in total. The Hall–Kier alpha value is -3.03. The standard InChI is InChI=1S/C15H13FN4O3/c1-20-7-10(21)17-13-12(20)11(18-15(16)19-13)8-4-3-5-9(6-8)14(22)23-2/h3-6H,7H2,1-2H3,(H,17,18,19,21). The summed E-state index contributed by atoms with van der Waals surface area (Å²) in [6.45, 7) is 0.103. The molecular formula is C15H13FN4O3. The van der Waals surface area contributed by atoms with Crippen molar-refractivity contribution < 1.29 is 18.7 Å². The Morgan fingerprint density at radius 2 is 2.17 bits per heavy atom. The zero-order valence-corrected chi connectivity index (χ0v) is 12.5. The van der Waals surface area contributed by atoms with Crippen molar-refractivity contribution in [2.24, 2.45) is 0 Å². The maximum absolute atomic E-state index is 13.7. The zero-order valence-electron chi connectivity index (χ0n) is 12.5. The number of nitrogens with zero attached hydrogens (tertiary/aromatic N) is 3. The summed E-state index contributed by atoms with van der Waals surface area (Å²) in [6.07, 6.45) is -0.960. The van der Waals surface area contributed by atoms with E-state index in [1.54, 1.807) is 36.2 Å². The van der Waals surface area contributed by atoms with Crippen LogP contribution < -0.4 is 10.2 Å². The lowest BCUT2D eigenvalue weighted by atomic mass is 10.1. The van der Waals surface area contributed by atoms with Crippen LogP contribution in [0.4, 0.5) is 15.9 Å². The number of hydrogen-bond acceptors (Lipinski definition) is 6. The summed E-state index contributed by atoms with van der Waals surface area (Å²) in [4.78, 5) is 32.3. The highest BCUT2D eigenvalue weighted by molar-refractivity contribution is 6.03. The third-order valence-electron chi connectivity index (χ3n) is 3.43. The number of halogens is 1. The van der Waals surface area contributed by atoms with E-state index in [2.05, 4.69) is 20.0 Å². The highest BCUT2D eigenvalue weighted by Gasteiger charge is 2.26. The second-order valence-electron chi connectivity index (χ2n) is 5.02. The Labute approximate surface area is 131 Å². The van der Waals surface area contributed by atoms with Crippen molar-refractivity contribution in [1.29, 1.82) is 0 Å². The minimum atomic E-state index is -0.960. The van der Waals surface area contributed by atoms with Crippen molar-refractivity contribution >= 4 is 23.4 Å². The van der Waals surface area contributed by atoms with Gasteiger partial charge in [-0.15, -0.1) is 0 Å². The zero-order chi connectivity index (χ0) is 16.6. The molecule has 2 aromatic rings. The third-order valence-corrected chi connectivity index (χ3v) is 3.43. The lowest BCUT2D eigenvalue weighted by Crippen LogP contribution is -2.36. The predicted molar refractivity (Wildman–Crippen MR) is 80.7 cm³/mol. The topological polar surface area (TPSA) is 84.4 Å². The van der Waals surface area contributed by atoms with Crippen molar-refractivity contribution in [3.63, 3.8) is 0 Å². The highest BCUT2D eigenvalue weighted by Crippen LogP contribution is 2.36. The van der Waals surface area contributed by atoms with Gasteiger partial charge in [0.1, 0.15) is 11.4 Å². The minimum Gasteiger partial charge on any atom is -0.465 e. The Morgan fingerprint density at radius 1 is 1.39 bits per heavy atom. The molecule has 0 aliphatic carbocycles. The number of ether oxygens (including phenoxy) is 1. The van der Waals surface area contributed by atoms with Crippen LogP contribution in [0.2, 0.25) is 0 Å². The van der Waals surface area contributed by atoms with E-state index in [4.69, 9.17) is 0 Å². The monoisotopic (exact) mass is 316 g/mol. The molecule has 1 aromatic carbocycles. The fourth-order valence-electron chi connectivity index (χ4n) is 2.45. The molecule has 0 saturated carbocycles. The average Bonchev–Trinajstić information content (AvgIpc) is 2.52. The van der Waals surface area contributed by atoms with Gasteiger partial charge in [0.05, 0.1) is 19.2 Å². The van der Waals surface area contributed by atoms with Gasteiger partial charge in [-0.3, -0.25) is 4.79 Å². The molecule has 0 unspecified atom stereocenters. The van der Waals surface area contributed by atoms with E-state index in [9.17, 15) is 14.0 Å². The van der Waals surface area contributed by atoms with E-state index in [1.807, 2.05) is 0 Å². The van der Waals surface area contributed by atoms with Crippen LogP contribution in [0, 0.1) is 6.08 Å². The van der Waals surface area contributed by atoms with Gasteiger partial charge in [0.15, 0.2) is 5.82 Å². The predicted octanol–water partition coefficient (Wildman–Crippen LogP) is 1.46. The Bertz CT molecular complexity index is 809. The summed E-state index contributed by atoms with van der Waals surface area (Å²) in [5.74, 6) is -0.681. The molecule has 1 aliphatic heterocycles. The number of rotatable bonds is 2. The summed E-state index contributed by atoms with van der Waals surface area (Å²) in [5, 5.41) is 2.53. The van der Waals surface area contributed by atoms with Gasteiger partial charge in [-0.25, -0.2) is 4.79 Å². The lowest BCUT2D eigenvalue weighted by molar-refractivity contribution is -0.115. The van der Waals surface area contributed by atoms with Crippen LogP contribution in [0.25, 0.3) is 11.3 Å². The summed E-state index contributed by atoms with van der Waals surface area (Å²) >= 11 is 0. The summed E-state index contributed by atoms with van der Waals surface area (Å²) in [6, 6.07) is 6.48. The molecule has 0 fully saturated rings. The second-order valence-corrected chi connectivity index (χ2v) is 5.02. The number of hydrogen-bond donors (Lipinski definition) is 1. The molecule has 1 amide bonds. The largest absolute Gasteiger partial charge is 0.465 e. The molecule has 0 spiro atoms. The van der Waals surface area contributed by atoms with E-state index in [-0.39, 0.29) is 18.3 Å². The van der Waals surface area contributed by atoms with Gasteiger partial charge in [0, 0.05) is 12.6 Å². The first-order valence-electron chi connectivity index (χ1n) is 6.77. The maximum Gasteiger partial charge on any atom is 0.337 e. The maximum atomic E-state index is 13.7. The highest BCUT2D eigenvalue weighted by atomic mass is 19.1. The number of fused-ring (bicyclic) bond motifs is 1. The van der Waals surface area contributed by atoms with Crippen molar-refractivity contribution in [2.75, 3.05) is 30.9 Å². The van der Waals surface area contributed by atoms with E-state index in [1.165, 1.54) is 7.11 Å². The third kappa shape index (κ3) is 2.70. The second kappa shape index (κ2) is 5.64. The number of likely N-dealkylation sites (N-methyl/N-ethyl adjacent to an activating group) is 1. The molecule has 1 N–H and O–H groups in total. The molecule has 118 valence electrons. The van der Waals surface area contributed by atoms with Crippen LogP contribution in [0.1, 0.15) is 10.4 Å². The number of nitrogens with one attached hydrogen (secondary N) is 1. The molecule has 0 bridgehead atoms. The number of methoxy groups -OCH3 is 1. The molecular weight excluding hydrogens is 303 g/mol. The first-order chi connectivity index (χ1) is 11.0. The van der Waals surface area contributed by atoms with Crippen LogP contribution in [-0.2, 0) is 9.53 Å². The van der Waals surface area contributed by atoms with Crippen LogP contribution in [0.15, 0.2) is 24.3 Å². The van der Waals surface area contributed by atoms with E-state index in [0.717, 1.165) is 0 Å². The van der Waals surface area contributed by atoms with Crippen LogP contribution in [0.5, 0.6) is 0 Å². The molecule has 2 heterocycles. The number of benzene rings is 1. The van der Waals surface area contributed by atoms with Crippen molar-refractivity contribution in [2.45, 2.75) is 0 Å². The van der Waals surface area contributed by atoms with E-state index < -0.39 is 12.0 Å². The Morgan fingerprint density at radius 3 is 2.91 bits per heavy atom. The quantitative estimate of drug-likeness (QED) is 0.667. The molecule has 0 atom stereocenters.